The number of halogens is 1. The number of carbonyl (C=O) groups is 1. The third-order valence-electron chi connectivity index (χ3n) is 6.01. The molecule has 0 aliphatic carbocycles. The van der Waals surface area contributed by atoms with E-state index < -0.39 is 0 Å². The van der Waals surface area contributed by atoms with Crippen LogP contribution in [0.1, 0.15) is 31.4 Å². The van der Waals surface area contributed by atoms with E-state index in [0.29, 0.717) is 6.54 Å². The first kappa shape index (κ1) is 25.9. The Morgan fingerprint density at radius 2 is 1.58 bits per heavy atom. The van der Waals surface area contributed by atoms with Crippen molar-refractivity contribution >= 4 is 35.8 Å². The van der Waals surface area contributed by atoms with Gasteiger partial charge >= 0.3 is 0 Å². The second kappa shape index (κ2) is 13.2. The summed E-state index contributed by atoms with van der Waals surface area (Å²) in [6, 6.07) is 8.91. The van der Waals surface area contributed by atoms with Gasteiger partial charge in [0.1, 0.15) is 0 Å². The van der Waals surface area contributed by atoms with Gasteiger partial charge in [0.05, 0.1) is 6.54 Å². The number of guanidine groups is 1. The summed E-state index contributed by atoms with van der Waals surface area (Å²) < 4.78 is 0. The maximum absolute atomic E-state index is 11.6. The van der Waals surface area contributed by atoms with Crippen molar-refractivity contribution in [2.75, 3.05) is 66.0 Å². The summed E-state index contributed by atoms with van der Waals surface area (Å²) in [6.07, 6.45) is 1.25. The van der Waals surface area contributed by atoms with E-state index in [1.54, 1.807) is 6.92 Å². The van der Waals surface area contributed by atoms with Gasteiger partial charge in [-0.15, -0.1) is 24.0 Å². The van der Waals surface area contributed by atoms with Gasteiger partial charge in [-0.3, -0.25) is 9.69 Å². The maximum Gasteiger partial charge on any atom is 0.219 e. The lowest BCUT2D eigenvalue weighted by molar-refractivity contribution is -0.130. The maximum atomic E-state index is 11.6. The minimum absolute atomic E-state index is 0. The molecule has 1 aromatic carbocycles. The van der Waals surface area contributed by atoms with Crippen LogP contribution in [0, 0.1) is 0 Å². The molecule has 31 heavy (non-hydrogen) atoms. The highest BCUT2D eigenvalue weighted by Crippen LogP contribution is 2.11. The van der Waals surface area contributed by atoms with Crippen LogP contribution in [-0.4, -0.2) is 97.4 Å². The highest BCUT2D eigenvalue weighted by atomic mass is 127. The zero-order valence-electron chi connectivity index (χ0n) is 19.3. The van der Waals surface area contributed by atoms with Crippen LogP contribution in [0.3, 0.4) is 0 Å². The van der Waals surface area contributed by atoms with Crippen molar-refractivity contribution in [3.8, 4) is 0 Å². The third kappa shape index (κ3) is 8.23. The largest absolute Gasteiger partial charge is 0.357 e. The molecule has 2 aliphatic heterocycles. The van der Waals surface area contributed by atoms with Crippen molar-refractivity contribution in [2.45, 2.75) is 33.4 Å². The van der Waals surface area contributed by atoms with Crippen LogP contribution in [0.15, 0.2) is 29.3 Å². The predicted molar refractivity (Wildman–Crippen MR) is 138 cm³/mol. The molecule has 2 fully saturated rings. The number of carbonyl (C=O) groups excluding carboxylic acids is 1. The Morgan fingerprint density at radius 3 is 2.23 bits per heavy atom. The fourth-order valence-electron chi connectivity index (χ4n) is 4.09. The summed E-state index contributed by atoms with van der Waals surface area (Å²) in [7, 11) is 2.21. The summed E-state index contributed by atoms with van der Waals surface area (Å²) in [6.45, 7) is 14.1. The molecule has 2 saturated heterocycles. The number of hydrogen-bond acceptors (Lipinski definition) is 4. The van der Waals surface area contributed by atoms with Crippen molar-refractivity contribution < 1.29 is 4.79 Å². The standard InChI is InChI=1S/C23H38N6O.HI/c1-4-24-23(29-16-14-28(15-17-29)20(2)30)25-18-21-6-8-22(9-7-21)19-27-11-5-10-26(3)12-13-27;/h6-9H,4-5,10-19H2,1-3H3,(H,24,25);1H. The van der Waals surface area contributed by atoms with E-state index in [0.717, 1.165) is 58.3 Å². The quantitative estimate of drug-likeness (QED) is 0.351. The Bertz CT molecular complexity index is 703. The van der Waals surface area contributed by atoms with Gasteiger partial charge in [-0.25, -0.2) is 4.99 Å². The van der Waals surface area contributed by atoms with Crippen molar-refractivity contribution in [2.24, 2.45) is 4.99 Å². The molecule has 8 heteroatoms. The number of nitrogens with one attached hydrogen (secondary N) is 1. The average molecular weight is 543 g/mol. The smallest absolute Gasteiger partial charge is 0.219 e. The van der Waals surface area contributed by atoms with Gasteiger partial charge in [0.15, 0.2) is 5.96 Å². The Hall–Kier alpha value is -1.39. The van der Waals surface area contributed by atoms with Gasteiger partial charge in [-0.05, 0) is 44.6 Å². The zero-order valence-corrected chi connectivity index (χ0v) is 21.7. The summed E-state index contributed by atoms with van der Waals surface area (Å²) in [5.41, 5.74) is 2.60. The minimum atomic E-state index is 0. The Kier molecular flexibility index (Phi) is 11.0. The van der Waals surface area contributed by atoms with Gasteiger partial charge in [0.2, 0.25) is 5.91 Å². The van der Waals surface area contributed by atoms with Gasteiger partial charge in [-0.2, -0.15) is 0 Å². The van der Waals surface area contributed by atoms with E-state index in [1.807, 2.05) is 4.90 Å². The second-order valence-corrected chi connectivity index (χ2v) is 8.41. The van der Waals surface area contributed by atoms with Crippen molar-refractivity contribution in [1.82, 2.24) is 24.9 Å². The molecule has 0 atom stereocenters. The number of benzene rings is 1. The topological polar surface area (TPSA) is 54.4 Å². The molecule has 2 aliphatic rings. The summed E-state index contributed by atoms with van der Waals surface area (Å²) in [5.74, 6) is 1.10. The molecule has 174 valence electrons. The molecule has 0 saturated carbocycles. The van der Waals surface area contributed by atoms with Crippen LogP contribution in [0.5, 0.6) is 0 Å². The molecule has 0 radical (unpaired) electrons. The van der Waals surface area contributed by atoms with E-state index in [-0.39, 0.29) is 29.9 Å². The molecule has 1 N–H and O–H groups in total. The molecule has 0 unspecified atom stereocenters. The summed E-state index contributed by atoms with van der Waals surface area (Å²) in [4.78, 5) is 25.5. The van der Waals surface area contributed by atoms with Crippen LogP contribution in [0.4, 0.5) is 0 Å². The third-order valence-corrected chi connectivity index (χ3v) is 6.01. The van der Waals surface area contributed by atoms with E-state index in [2.05, 4.69) is 58.3 Å². The van der Waals surface area contributed by atoms with Crippen LogP contribution < -0.4 is 5.32 Å². The number of amides is 1. The number of likely N-dealkylation sites (N-methyl/N-ethyl adjacent to an activating group) is 1. The van der Waals surface area contributed by atoms with Crippen molar-refractivity contribution in [1.29, 1.82) is 0 Å². The number of nitrogens with zero attached hydrogens (tertiary/aromatic N) is 5. The van der Waals surface area contributed by atoms with Crippen LogP contribution >= 0.6 is 24.0 Å². The number of rotatable bonds is 5. The Balaban J connectivity index is 0.00000341. The molecule has 7 nitrogen and oxygen atoms in total. The number of aliphatic imine (C=N–C) groups is 1. The SMILES string of the molecule is CCNC(=NCc1ccc(CN2CCCN(C)CC2)cc1)N1CCN(C(C)=O)CC1.I. The van der Waals surface area contributed by atoms with Crippen molar-refractivity contribution in [3.63, 3.8) is 0 Å². The zero-order chi connectivity index (χ0) is 21.3. The molecule has 0 aromatic heterocycles. The number of piperazine rings is 1. The first-order valence-corrected chi connectivity index (χ1v) is 11.3. The molecule has 3 rings (SSSR count). The number of hydrogen-bond donors (Lipinski definition) is 1. The lowest BCUT2D eigenvalue weighted by Gasteiger charge is -2.36. The van der Waals surface area contributed by atoms with E-state index in [1.165, 1.54) is 30.6 Å². The predicted octanol–water partition coefficient (Wildman–Crippen LogP) is 2.07. The molecule has 2 heterocycles. The van der Waals surface area contributed by atoms with E-state index in [9.17, 15) is 4.79 Å². The second-order valence-electron chi connectivity index (χ2n) is 8.41. The fraction of sp³-hybridized carbons (Fsp3) is 0.652. The van der Waals surface area contributed by atoms with E-state index in [4.69, 9.17) is 4.99 Å². The lowest BCUT2D eigenvalue weighted by atomic mass is 10.1. The van der Waals surface area contributed by atoms with Crippen LogP contribution in [-0.2, 0) is 17.9 Å². The van der Waals surface area contributed by atoms with Gasteiger partial charge in [0, 0.05) is 59.3 Å². The normalized spacial score (nSPS) is 19.0. The minimum Gasteiger partial charge on any atom is -0.357 e. The van der Waals surface area contributed by atoms with Crippen molar-refractivity contribution in [3.05, 3.63) is 35.4 Å². The molecular formula is C23H39IN6O. The van der Waals surface area contributed by atoms with Crippen LogP contribution in [0.25, 0.3) is 0 Å². The lowest BCUT2D eigenvalue weighted by Crippen LogP contribution is -2.53. The highest BCUT2D eigenvalue weighted by Gasteiger charge is 2.20. The molecule has 1 amide bonds. The monoisotopic (exact) mass is 542 g/mol. The first-order valence-electron chi connectivity index (χ1n) is 11.3. The summed E-state index contributed by atoms with van der Waals surface area (Å²) in [5, 5.41) is 3.40. The molecular weight excluding hydrogens is 503 g/mol. The summed E-state index contributed by atoms with van der Waals surface area (Å²) >= 11 is 0. The van der Waals surface area contributed by atoms with Gasteiger partial charge in [-0.1, -0.05) is 24.3 Å². The Labute approximate surface area is 204 Å². The van der Waals surface area contributed by atoms with Gasteiger partial charge < -0.3 is 20.0 Å². The fourth-order valence-corrected chi connectivity index (χ4v) is 4.09. The molecule has 0 bridgehead atoms. The van der Waals surface area contributed by atoms with Crippen LogP contribution in [0.2, 0.25) is 0 Å². The average Bonchev–Trinajstić information content (AvgIpc) is 2.96. The van der Waals surface area contributed by atoms with Gasteiger partial charge in [0.25, 0.3) is 0 Å². The molecule has 0 spiro atoms. The van der Waals surface area contributed by atoms with E-state index >= 15 is 0 Å². The molecule has 1 aromatic rings. The highest BCUT2D eigenvalue weighted by molar-refractivity contribution is 14.0. The Morgan fingerprint density at radius 1 is 0.935 bits per heavy atom. The first-order chi connectivity index (χ1) is 14.5.